The Morgan fingerprint density at radius 3 is 2.15 bits per heavy atom. The average Bonchev–Trinajstić information content (AvgIpc) is 3.33. The van der Waals surface area contributed by atoms with E-state index in [0.717, 1.165) is 12.5 Å². The van der Waals surface area contributed by atoms with Crippen molar-refractivity contribution in [1.82, 2.24) is 0 Å². The molecule has 12 heteroatoms. The van der Waals surface area contributed by atoms with Gasteiger partial charge in [-0.15, -0.1) is 0 Å². The molecule has 33 heavy (non-hydrogen) atoms. The van der Waals surface area contributed by atoms with Gasteiger partial charge in [-0.25, -0.2) is 18.0 Å². The zero-order valence-electron chi connectivity index (χ0n) is 17.7. The van der Waals surface area contributed by atoms with Crippen LogP contribution in [0.1, 0.15) is 26.7 Å². The lowest BCUT2D eigenvalue weighted by Gasteiger charge is -2.15. The van der Waals surface area contributed by atoms with Gasteiger partial charge in [0.25, 0.3) is 7.37 Å². The smallest absolute Gasteiger partial charge is 0.338 e. The van der Waals surface area contributed by atoms with Gasteiger partial charge in [-0.2, -0.15) is 8.78 Å². The van der Waals surface area contributed by atoms with Gasteiger partial charge in [0.15, 0.2) is 11.5 Å². The van der Waals surface area contributed by atoms with E-state index in [1.54, 1.807) is 0 Å². The Bertz CT molecular complexity index is 1100. The predicted molar refractivity (Wildman–Crippen MR) is 108 cm³/mol. The van der Waals surface area contributed by atoms with Gasteiger partial charge in [0.05, 0.1) is 12.8 Å². The Balaban J connectivity index is 1.78. The molecule has 2 atom stereocenters. The summed E-state index contributed by atoms with van der Waals surface area (Å²) in [5.41, 5.74) is 5.90. The molecule has 0 spiro atoms. The normalized spacial score (nSPS) is 21.7. The van der Waals surface area contributed by atoms with Crippen molar-refractivity contribution in [3.05, 3.63) is 53.4 Å². The van der Waals surface area contributed by atoms with Crippen LogP contribution >= 0.6 is 7.37 Å². The first kappa shape index (κ1) is 25.0. The minimum atomic E-state index is -3.84. The number of hydrogen-bond acceptors (Lipinski definition) is 6. The van der Waals surface area contributed by atoms with Gasteiger partial charge in [-0.3, -0.25) is 4.57 Å². The van der Waals surface area contributed by atoms with Crippen LogP contribution in [0, 0.1) is 35.0 Å². The molecule has 0 aliphatic carbocycles. The molecule has 0 radical (unpaired) electrons. The fourth-order valence-corrected chi connectivity index (χ4v) is 5.01. The number of hydrogen-bond donors (Lipinski definition) is 1. The Morgan fingerprint density at radius 2 is 1.58 bits per heavy atom. The molecular weight excluding hydrogens is 472 g/mol. The first-order valence-corrected chi connectivity index (χ1v) is 11.8. The predicted octanol–water partition coefficient (Wildman–Crippen LogP) is 5.48. The lowest BCUT2D eigenvalue weighted by atomic mass is 10.1. The van der Waals surface area contributed by atoms with Crippen molar-refractivity contribution in [3.8, 4) is 17.2 Å². The summed E-state index contributed by atoms with van der Waals surface area (Å²) < 4.78 is 96.5. The molecule has 1 saturated heterocycles. The molecule has 2 N–H and O–H groups in total. The highest BCUT2D eigenvalue weighted by Crippen LogP contribution is 2.73. The van der Waals surface area contributed by atoms with E-state index in [0.29, 0.717) is 12.3 Å². The van der Waals surface area contributed by atoms with Crippen LogP contribution < -0.4 is 15.0 Å². The summed E-state index contributed by atoms with van der Waals surface area (Å²) in [6.45, 7) is 4.08. The average molecular weight is 493 g/mol. The number of halogens is 5. The van der Waals surface area contributed by atoms with Gasteiger partial charge in [-0.05, 0) is 30.9 Å². The second-order valence-corrected chi connectivity index (χ2v) is 10.6. The summed E-state index contributed by atoms with van der Waals surface area (Å²) in [4.78, 5) is 12.3. The van der Waals surface area contributed by atoms with E-state index in [1.807, 2.05) is 13.8 Å². The van der Waals surface area contributed by atoms with Gasteiger partial charge < -0.3 is 19.7 Å². The van der Waals surface area contributed by atoms with Crippen LogP contribution in [-0.2, 0) is 14.1 Å². The van der Waals surface area contributed by atoms with Gasteiger partial charge >= 0.3 is 5.97 Å². The zero-order valence-corrected chi connectivity index (χ0v) is 18.6. The molecule has 0 aromatic heterocycles. The first-order chi connectivity index (χ1) is 15.4. The Kier molecular flexibility index (Phi) is 7.04. The van der Waals surface area contributed by atoms with Crippen molar-refractivity contribution >= 4 is 13.3 Å². The van der Waals surface area contributed by atoms with Crippen LogP contribution in [0.4, 0.5) is 22.0 Å². The monoisotopic (exact) mass is 493 g/mol. The quantitative estimate of drug-likeness (QED) is 0.124. The number of esters is 1. The van der Waals surface area contributed by atoms with Crippen molar-refractivity contribution in [2.24, 2.45) is 11.7 Å². The van der Waals surface area contributed by atoms with Crippen LogP contribution in [0.15, 0.2) is 24.3 Å². The molecule has 0 bridgehead atoms. The Morgan fingerprint density at radius 1 is 1.03 bits per heavy atom. The third-order valence-corrected chi connectivity index (χ3v) is 7.52. The van der Waals surface area contributed by atoms with E-state index in [4.69, 9.17) is 19.7 Å². The van der Waals surface area contributed by atoms with E-state index < -0.39 is 59.2 Å². The summed E-state index contributed by atoms with van der Waals surface area (Å²) in [5, 5.41) is -1.91. The van der Waals surface area contributed by atoms with Crippen LogP contribution in [0.2, 0.25) is 0 Å². The van der Waals surface area contributed by atoms with Gasteiger partial charge in [0.2, 0.25) is 40.1 Å². The molecule has 1 aliphatic rings. The van der Waals surface area contributed by atoms with Crippen molar-refractivity contribution in [3.63, 3.8) is 0 Å². The van der Waals surface area contributed by atoms with Crippen molar-refractivity contribution < 1.29 is 45.3 Å². The Hall–Kier alpha value is -2.65. The highest BCUT2D eigenvalue weighted by Gasteiger charge is 2.72. The molecule has 3 rings (SSSR count). The number of carbonyl (C=O) groups is 1. The number of para-hydroxylation sites is 2. The van der Waals surface area contributed by atoms with Crippen LogP contribution in [0.25, 0.3) is 0 Å². The lowest BCUT2D eigenvalue weighted by Crippen LogP contribution is -2.36. The molecule has 0 saturated carbocycles. The number of carbonyl (C=O) groups excluding carboxylic acids is 1. The maximum Gasteiger partial charge on any atom is 0.338 e. The van der Waals surface area contributed by atoms with Crippen LogP contribution in [-0.4, -0.2) is 24.0 Å². The molecule has 1 heterocycles. The van der Waals surface area contributed by atoms with E-state index in [9.17, 15) is 31.3 Å². The van der Waals surface area contributed by atoms with E-state index in [-0.39, 0.29) is 18.5 Å². The molecule has 1 unspecified atom stereocenters. The van der Waals surface area contributed by atoms with Gasteiger partial charge in [0, 0.05) is 0 Å². The van der Waals surface area contributed by atoms with E-state index in [1.165, 1.54) is 18.2 Å². The van der Waals surface area contributed by atoms with E-state index in [2.05, 4.69) is 0 Å². The van der Waals surface area contributed by atoms with E-state index >= 15 is 0 Å². The minimum absolute atomic E-state index is 0.0793. The Labute approximate surface area is 186 Å². The van der Waals surface area contributed by atoms with Crippen molar-refractivity contribution in [1.29, 1.82) is 0 Å². The third-order valence-electron chi connectivity index (χ3n) is 4.94. The summed E-state index contributed by atoms with van der Waals surface area (Å²) >= 11 is 0. The van der Waals surface area contributed by atoms with Crippen LogP contribution in [0.3, 0.4) is 0 Å². The molecule has 0 amide bonds. The second-order valence-electron chi connectivity index (χ2n) is 7.97. The maximum absolute atomic E-state index is 14.0. The SMILES string of the molecule is CC(C)CCCOC(=O)[C@@]1(N)CP1(=O)Oc1ccccc1Oc1c(F)c(F)c(F)c(F)c1F. The molecular formula is C21H21F5NO5P. The number of ether oxygens (including phenoxy) is 2. The molecule has 1 fully saturated rings. The highest BCUT2D eigenvalue weighted by molar-refractivity contribution is 7.70. The summed E-state index contributed by atoms with van der Waals surface area (Å²) in [6, 6.07) is 4.95. The number of benzene rings is 2. The third kappa shape index (κ3) is 4.84. The fourth-order valence-electron chi connectivity index (χ4n) is 2.93. The molecule has 2 aromatic rings. The van der Waals surface area contributed by atoms with Gasteiger partial charge in [0.1, 0.15) is 0 Å². The largest absolute Gasteiger partial charge is 0.464 e. The zero-order chi connectivity index (χ0) is 24.6. The molecule has 2 aromatic carbocycles. The highest BCUT2D eigenvalue weighted by atomic mass is 31.2. The second kappa shape index (κ2) is 9.30. The van der Waals surface area contributed by atoms with Gasteiger partial charge in [-0.1, -0.05) is 26.0 Å². The first-order valence-electron chi connectivity index (χ1n) is 9.94. The minimum Gasteiger partial charge on any atom is -0.464 e. The topological polar surface area (TPSA) is 87.9 Å². The fraction of sp³-hybridized carbons (Fsp3) is 0.381. The lowest BCUT2D eigenvalue weighted by molar-refractivity contribution is -0.145. The number of nitrogens with two attached hydrogens (primary N) is 1. The van der Waals surface area contributed by atoms with Crippen molar-refractivity contribution in [2.75, 3.05) is 12.8 Å². The summed E-state index contributed by atoms with van der Waals surface area (Å²) in [7, 11) is -3.84. The molecule has 6 nitrogen and oxygen atoms in total. The molecule has 1 aliphatic heterocycles. The van der Waals surface area contributed by atoms with Crippen molar-refractivity contribution in [2.45, 2.75) is 32.0 Å². The maximum atomic E-state index is 14.0. The standard InChI is InChI=1S/C21H21F5NO5P/c1-11(2)6-5-9-30-20(28)21(27)10-33(21,29)32-13-8-4-3-7-12(13)31-19-17(25)15(23)14(22)16(24)18(19)26/h3-4,7-8,11H,5-6,9-10,27H2,1-2H3/t21-,33?/m1/s1. The summed E-state index contributed by atoms with van der Waals surface area (Å²) in [5.74, 6) is -14.1. The molecule has 180 valence electrons. The summed E-state index contributed by atoms with van der Waals surface area (Å²) in [6.07, 6.45) is 1.03. The van der Waals surface area contributed by atoms with Crippen LogP contribution in [0.5, 0.6) is 17.2 Å². The number of rotatable bonds is 9.